The van der Waals surface area contributed by atoms with Gasteiger partial charge in [0.05, 0.1) is 6.54 Å². The Morgan fingerprint density at radius 3 is 2.30 bits per heavy atom. The maximum Gasteiger partial charge on any atom is 0.200 e. The monoisotopic (exact) mass is 264 g/mol. The fraction of sp³-hybridized carbons (Fsp3) is 0.188. The van der Waals surface area contributed by atoms with Gasteiger partial charge >= 0.3 is 0 Å². The van der Waals surface area contributed by atoms with Crippen molar-refractivity contribution in [2.75, 3.05) is 0 Å². The number of hydrogen-bond acceptors (Lipinski definition) is 4. The lowest BCUT2D eigenvalue weighted by molar-refractivity contribution is 0.202. The minimum atomic E-state index is -0.0392. The number of hydrogen-bond donors (Lipinski definition) is 0. The van der Waals surface area contributed by atoms with Gasteiger partial charge in [0, 0.05) is 5.56 Å². The van der Waals surface area contributed by atoms with Gasteiger partial charge < -0.3 is 0 Å². The molecule has 0 spiro atoms. The van der Waals surface area contributed by atoms with Crippen LogP contribution in [0.3, 0.4) is 0 Å². The predicted octanol–water partition coefficient (Wildman–Crippen LogP) is 3.66. The Labute approximate surface area is 118 Å². The smallest absolute Gasteiger partial charge is 0.200 e. The zero-order valence-electron chi connectivity index (χ0n) is 11.3. The van der Waals surface area contributed by atoms with Gasteiger partial charge in [-0.3, -0.25) is 5.01 Å². The molecule has 0 saturated heterocycles. The quantitative estimate of drug-likeness (QED) is 0.834. The fourth-order valence-electron chi connectivity index (χ4n) is 2.06. The van der Waals surface area contributed by atoms with Gasteiger partial charge in [0.1, 0.15) is 0 Å². The van der Waals surface area contributed by atoms with Crippen molar-refractivity contribution in [3.8, 4) is 0 Å². The summed E-state index contributed by atoms with van der Waals surface area (Å²) in [5, 5.41) is 15.1. The molecule has 20 heavy (non-hydrogen) atoms. The molecule has 4 nitrogen and oxygen atoms in total. The van der Waals surface area contributed by atoms with Crippen molar-refractivity contribution in [1.82, 2.24) is 5.01 Å². The summed E-state index contributed by atoms with van der Waals surface area (Å²) in [5.74, 6) is 0.666. The topological polar surface area (TPSA) is 40.3 Å². The summed E-state index contributed by atoms with van der Waals surface area (Å²) in [6, 6.07) is 20.2. The molecule has 0 fully saturated rings. The zero-order valence-corrected chi connectivity index (χ0v) is 11.3. The number of nitrogens with zero attached hydrogens (tertiary/aromatic N) is 4. The Kier molecular flexibility index (Phi) is 3.54. The average molecular weight is 264 g/mol. The van der Waals surface area contributed by atoms with Crippen LogP contribution in [0.2, 0.25) is 0 Å². The van der Waals surface area contributed by atoms with Crippen molar-refractivity contribution in [2.24, 2.45) is 15.3 Å². The van der Waals surface area contributed by atoms with E-state index in [1.54, 1.807) is 0 Å². The third-order valence-corrected chi connectivity index (χ3v) is 3.19. The van der Waals surface area contributed by atoms with E-state index in [9.17, 15) is 0 Å². The van der Waals surface area contributed by atoms with E-state index in [0.29, 0.717) is 5.84 Å². The molecule has 1 aliphatic rings. The molecule has 1 unspecified atom stereocenters. The van der Waals surface area contributed by atoms with Gasteiger partial charge in [-0.05, 0) is 12.5 Å². The molecule has 0 aliphatic carbocycles. The number of azo groups is 1. The number of hydrazone groups is 1. The van der Waals surface area contributed by atoms with Gasteiger partial charge in [-0.25, -0.2) is 0 Å². The molecule has 100 valence electrons. The third kappa shape index (κ3) is 2.74. The molecule has 0 saturated carbocycles. The Morgan fingerprint density at radius 1 is 0.950 bits per heavy atom. The summed E-state index contributed by atoms with van der Waals surface area (Å²) in [6.07, 6.45) is -0.0392. The van der Waals surface area contributed by atoms with E-state index >= 15 is 0 Å². The van der Waals surface area contributed by atoms with Crippen molar-refractivity contribution >= 4 is 5.84 Å². The summed E-state index contributed by atoms with van der Waals surface area (Å²) >= 11 is 0. The third-order valence-electron chi connectivity index (χ3n) is 3.19. The van der Waals surface area contributed by atoms with E-state index in [1.165, 1.54) is 5.56 Å². The molecule has 2 aromatic carbocycles. The number of benzene rings is 2. The Hall–Kier alpha value is -2.49. The maximum absolute atomic E-state index is 4.62. The van der Waals surface area contributed by atoms with Crippen molar-refractivity contribution < 1.29 is 0 Å². The second-order valence-corrected chi connectivity index (χ2v) is 4.72. The molecule has 4 heteroatoms. The largest absolute Gasteiger partial charge is 0.265 e. The molecule has 1 aliphatic heterocycles. The summed E-state index contributed by atoms with van der Waals surface area (Å²) in [4.78, 5) is 0. The Morgan fingerprint density at radius 2 is 1.60 bits per heavy atom. The molecule has 0 bridgehead atoms. The highest BCUT2D eigenvalue weighted by molar-refractivity contribution is 5.99. The number of amidine groups is 1. The van der Waals surface area contributed by atoms with Gasteiger partial charge in [-0.1, -0.05) is 60.7 Å². The highest BCUT2D eigenvalue weighted by atomic mass is 15.6. The lowest BCUT2D eigenvalue weighted by Crippen LogP contribution is -2.30. The molecule has 0 N–H and O–H groups in total. The molecule has 1 atom stereocenters. The maximum atomic E-state index is 4.62. The van der Waals surface area contributed by atoms with Crippen molar-refractivity contribution in [2.45, 2.75) is 19.6 Å². The Balaban J connectivity index is 1.84. The van der Waals surface area contributed by atoms with Crippen LogP contribution in [0.15, 0.2) is 76.0 Å². The lowest BCUT2D eigenvalue weighted by Gasteiger charge is -2.26. The van der Waals surface area contributed by atoms with Gasteiger partial charge in [0.15, 0.2) is 6.17 Å². The molecular formula is C16H16N4. The molecule has 2 aromatic rings. The van der Waals surface area contributed by atoms with Gasteiger partial charge in [-0.2, -0.15) is 10.2 Å². The van der Waals surface area contributed by atoms with E-state index < -0.39 is 0 Å². The van der Waals surface area contributed by atoms with E-state index in [1.807, 2.05) is 60.5 Å². The molecular weight excluding hydrogens is 248 g/mol. The summed E-state index contributed by atoms with van der Waals surface area (Å²) in [7, 11) is 0. The van der Waals surface area contributed by atoms with Gasteiger partial charge in [0.2, 0.25) is 5.84 Å². The zero-order chi connectivity index (χ0) is 13.8. The highest BCUT2D eigenvalue weighted by Crippen LogP contribution is 2.16. The second-order valence-electron chi connectivity index (χ2n) is 4.72. The van der Waals surface area contributed by atoms with Crippen LogP contribution >= 0.6 is 0 Å². The van der Waals surface area contributed by atoms with Gasteiger partial charge in [-0.15, -0.1) is 5.11 Å². The van der Waals surface area contributed by atoms with E-state index in [4.69, 9.17) is 0 Å². The van der Waals surface area contributed by atoms with E-state index in [-0.39, 0.29) is 6.17 Å². The first kappa shape index (κ1) is 12.5. The first-order valence-electron chi connectivity index (χ1n) is 6.68. The minimum Gasteiger partial charge on any atom is -0.265 e. The van der Waals surface area contributed by atoms with E-state index in [2.05, 4.69) is 27.5 Å². The first-order chi connectivity index (χ1) is 9.83. The second kappa shape index (κ2) is 5.65. The lowest BCUT2D eigenvalue weighted by atomic mass is 10.2. The van der Waals surface area contributed by atoms with Crippen LogP contribution < -0.4 is 0 Å². The normalized spacial score (nSPS) is 17.9. The first-order valence-corrected chi connectivity index (χ1v) is 6.68. The van der Waals surface area contributed by atoms with Crippen LogP contribution in [-0.2, 0) is 6.54 Å². The minimum absolute atomic E-state index is 0.0392. The van der Waals surface area contributed by atoms with Crippen LogP contribution in [-0.4, -0.2) is 17.0 Å². The standard InChI is InChI=1S/C16H16N4/c1-13-17-18-16(15-10-6-3-7-11-15)19-20(13)12-14-8-4-2-5-9-14/h2-11,13H,12H2,1H3. The summed E-state index contributed by atoms with van der Waals surface area (Å²) in [5.41, 5.74) is 2.20. The summed E-state index contributed by atoms with van der Waals surface area (Å²) in [6.45, 7) is 2.73. The summed E-state index contributed by atoms with van der Waals surface area (Å²) < 4.78 is 0. The molecule has 0 radical (unpaired) electrons. The van der Waals surface area contributed by atoms with Crippen LogP contribution in [0.4, 0.5) is 0 Å². The van der Waals surface area contributed by atoms with Crippen LogP contribution in [0.25, 0.3) is 0 Å². The van der Waals surface area contributed by atoms with Crippen LogP contribution in [0.1, 0.15) is 18.1 Å². The molecule has 1 heterocycles. The Bertz CT molecular complexity index is 619. The molecule has 3 rings (SSSR count). The predicted molar refractivity (Wildman–Crippen MR) is 79.3 cm³/mol. The van der Waals surface area contributed by atoms with Gasteiger partial charge in [0.25, 0.3) is 0 Å². The molecule has 0 aromatic heterocycles. The highest BCUT2D eigenvalue weighted by Gasteiger charge is 2.17. The number of rotatable bonds is 3. The molecule has 0 amide bonds. The van der Waals surface area contributed by atoms with Crippen LogP contribution in [0.5, 0.6) is 0 Å². The average Bonchev–Trinajstić information content (AvgIpc) is 2.51. The fourth-order valence-corrected chi connectivity index (χ4v) is 2.06. The SMILES string of the molecule is CC1N=NC(c2ccccc2)=NN1Cc1ccccc1. The van der Waals surface area contributed by atoms with Crippen LogP contribution in [0, 0.1) is 0 Å². The van der Waals surface area contributed by atoms with E-state index in [0.717, 1.165) is 12.1 Å². The van der Waals surface area contributed by atoms with Crippen molar-refractivity contribution in [3.05, 3.63) is 71.8 Å². The van der Waals surface area contributed by atoms with Crippen molar-refractivity contribution in [3.63, 3.8) is 0 Å². The van der Waals surface area contributed by atoms with Crippen molar-refractivity contribution in [1.29, 1.82) is 0 Å².